The lowest BCUT2D eigenvalue weighted by atomic mass is 9.89. The third kappa shape index (κ3) is 5.12. The summed E-state index contributed by atoms with van der Waals surface area (Å²) in [4.78, 5) is 27.3. The predicted molar refractivity (Wildman–Crippen MR) is 118 cm³/mol. The van der Waals surface area contributed by atoms with E-state index in [0.717, 1.165) is 30.6 Å². The topological polar surface area (TPSA) is 91.3 Å². The van der Waals surface area contributed by atoms with E-state index < -0.39 is 0 Å². The van der Waals surface area contributed by atoms with Gasteiger partial charge in [0.15, 0.2) is 0 Å². The van der Waals surface area contributed by atoms with Gasteiger partial charge in [-0.2, -0.15) is 5.10 Å². The third-order valence-corrected chi connectivity index (χ3v) is 5.86. The largest absolute Gasteiger partial charge is 0.342 e. The van der Waals surface area contributed by atoms with Crippen molar-refractivity contribution in [3.63, 3.8) is 0 Å². The number of piperidine rings is 1. The third-order valence-electron chi connectivity index (χ3n) is 5.86. The highest BCUT2D eigenvalue weighted by atomic mass is 35.5. The molecular weight excluding hydrogens is 404 g/mol. The van der Waals surface area contributed by atoms with Crippen LogP contribution in [0.3, 0.4) is 0 Å². The molecule has 1 aromatic carbocycles. The maximum atomic E-state index is 13.1. The number of halogens is 1. The van der Waals surface area contributed by atoms with Crippen molar-refractivity contribution in [3.05, 3.63) is 48.3 Å². The number of hydrogen-bond donors (Lipinski definition) is 3. The highest BCUT2D eigenvalue weighted by molar-refractivity contribution is 5.89. The van der Waals surface area contributed by atoms with E-state index in [1.807, 2.05) is 54.7 Å². The monoisotopic (exact) mass is 432 g/mol. The van der Waals surface area contributed by atoms with E-state index >= 15 is 0 Å². The molecule has 162 valence electrons. The number of para-hydroxylation sites is 1. The first-order chi connectivity index (χ1) is 14.1. The minimum absolute atomic E-state index is 0. The van der Waals surface area contributed by atoms with Crippen LogP contribution in [0.25, 0.3) is 0 Å². The summed E-state index contributed by atoms with van der Waals surface area (Å²) in [6.45, 7) is 2.85. The van der Waals surface area contributed by atoms with E-state index in [1.165, 1.54) is 0 Å². The van der Waals surface area contributed by atoms with E-state index in [-0.39, 0.29) is 42.2 Å². The maximum Gasteiger partial charge on any atom is 0.319 e. The highest BCUT2D eigenvalue weighted by Gasteiger charge is 2.38. The zero-order valence-corrected chi connectivity index (χ0v) is 17.9. The Bertz CT molecular complexity index is 850. The van der Waals surface area contributed by atoms with Crippen LogP contribution in [-0.4, -0.2) is 58.8 Å². The van der Waals surface area contributed by atoms with Crippen molar-refractivity contribution >= 4 is 30.0 Å². The van der Waals surface area contributed by atoms with Crippen molar-refractivity contribution in [1.29, 1.82) is 0 Å². The lowest BCUT2D eigenvalue weighted by Gasteiger charge is -2.34. The number of benzene rings is 1. The zero-order chi connectivity index (χ0) is 20.2. The number of rotatable bonds is 4. The Balaban J connectivity index is 0.00000256. The average molecular weight is 433 g/mol. The first-order valence-corrected chi connectivity index (χ1v) is 10.2. The summed E-state index contributed by atoms with van der Waals surface area (Å²) in [5.41, 5.74) is 1.89. The molecule has 2 atom stereocenters. The van der Waals surface area contributed by atoms with Gasteiger partial charge in [0.05, 0.1) is 12.1 Å². The standard InChI is InChI=1S/C21H28N6O2.ClH/c1-26-14-15(11-23-26)18-12-22-13-19(18)20(28)27-9-7-17(8-10-27)25-21(29)24-16-5-3-2-4-6-16;/h2-6,11,14,17-19,22H,7-10,12-13H2,1H3,(H2,24,25,29);1H/t18-,19+;/m1./s1. The van der Waals surface area contributed by atoms with Crippen LogP contribution in [0.15, 0.2) is 42.7 Å². The first kappa shape index (κ1) is 22.1. The van der Waals surface area contributed by atoms with Crippen molar-refractivity contribution in [3.8, 4) is 0 Å². The van der Waals surface area contributed by atoms with Crippen molar-refractivity contribution in [2.75, 3.05) is 31.5 Å². The normalized spacial score (nSPS) is 21.7. The summed E-state index contributed by atoms with van der Waals surface area (Å²) in [6, 6.07) is 9.28. The number of aromatic nitrogens is 2. The van der Waals surface area contributed by atoms with Crippen LogP contribution in [0.4, 0.5) is 10.5 Å². The van der Waals surface area contributed by atoms with Crippen molar-refractivity contribution in [1.82, 2.24) is 25.3 Å². The molecule has 2 fully saturated rings. The summed E-state index contributed by atoms with van der Waals surface area (Å²) in [6.07, 6.45) is 5.40. The van der Waals surface area contributed by atoms with Crippen LogP contribution in [0.1, 0.15) is 24.3 Å². The summed E-state index contributed by atoms with van der Waals surface area (Å²) in [5.74, 6) is 0.324. The van der Waals surface area contributed by atoms with Gasteiger partial charge in [0.25, 0.3) is 0 Å². The van der Waals surface area contributed by atoms with E-state index in [1.54, 1.807) is 4.68 Å². The molecule has 0 radical (unpaired) electrons. The number of aryl methyl sites for hydroxylation is 1. The number of carbonyl (C=O) groups is 2. The van der Waals surface area contributed by atoms with Crippen LogP contribution < -0.4 is 16.0 Å². The van der Waals surface area contributed by atoms with Gasteiger partial charge in [0.1, 0.15) is 0 Å². The molecule has 3 N–H and O–H groups in total. The molecule has 0 saturated carbocycles. The molecule has 2 aromatic rings. The minimum Gasteiger partial charge on any atom is -0.342 e. The predicted octanol–water partition coefficient (Wildman–Crippen LogP) is 1.96. The fourth-order valence-electron chi connectivity index (χ4n) is 4.27. The number of carbonyl (C=O) groups excluding carboxylic acids is 2. The molecule has 0 aliphatic carbocycles. The fraction of sp³-hybridized carbons (Fsp3) is 0.476. The van der Waals surface area contributed by atoms with Gasteiger partial charge in [0.2, 0.25) is 5.91 Å². The van der Waals surface area contributed by atoms with Gasteiger partial charge in [0, 0.05) is 57.1 Å². The minimum atomic E-state index is -0.197. The second-order valence-electron chi connectivity index (χ2n) is 7.88. The number of amides is 3. The van der Waals surface area contributed by atoms with Gasteiger partial charge in [-0.25, -0.2) is 4.79 Å². The van der Waals surface area contributed by atoms with Crippen molar-refractivity contribution in [2.24, 2.45) is 13.0 Å². The van der Waals surface area contributed by atoms with E-state index in [2.05, 4.69) is 21.0 Å². The molecule has 0 spiro atoms. The van der Waals surface area contributed by atoms with Gasteiger partial charge >= 0.3 is 6.03 Å². The Morgan fingerprint density at radius 1 is 1.13 bits per heavy atom. The van der Waals surface area contributed by atoms with Gasteiger partial charge in [-0.05, 0) is 30.5 Å². The average Bonchev–Trinajstić information content (AvgIpc) is 3.37. The lowest BCUT2D eigenvalue weighted by Crippen LogP contribution is -2.49. The molecule has 2 aliphatic heterocycles. The molecule has 3 heterocycles. The fourth-order valence-corrected chi connectivity index (χ4v) is 4.27. The molecule has 2 aliphatic rings. The molecule has 3 amide bonds. The quantitative estimate of drug-likeness (QED) is 0.688. The Labute approximate surface area is 182 Å². The SMILES string of the molecule is Cl.Cn1cc([C@H]2CNC[C@@H]2C(=O)N2CCC(NC(=O)Nc3ccccc3)CC2)cn1. The maximum absolute atomic E-state index is 13.1. The van der Waals surface area contributed by atoms with Gasteiger partial charge in [-0.15, -0.1) is 12.4 Å². The zero-order valence-electron chi connectivity index (χ0n) is 17.1. The van der Waals surface area contributed by atoms with E-state index in [4.69, 9.17) is 0 Å². The summed E-state index contributed by atoms with van der Waals surface area (Å²) in [7, 11) is 1.90. The molecule has 9 heteroatoms. The van der Waals surface area contributed by atoms with Crippen molar-refractivity contribution in [2.45, 2.75) is 24.8 Å². The Morgan fingerprint density at radius 3 is 2.53 bits per heavy atom. The van der Waals surface area contributed by atoms with Gasteiger partial charge in [-0.3, -0.25) is 9.48 Å². The number of nitrogens with zero attached hydrogens (tertiary/aromatic N) is 3. The Morgan fingerprint density at radius 2 is 1.87 bits per heavy atom. The van der Waals surface area contributed by atoms with Gasteiger partial charge < -0.3 is 20.9 Å². The molecule has 2 saturated heterocycles. The molecule has 8 nitrogen and oxygen atoms in total. The summed E-state index contributed by atoms with van der Waals surface area (Å²) in [5, 5.41) is 13.5. The molecule has 0 unspecified atom stereocenters. The van der Waals surface area contributed by atoms with Crippen molar-refractivity contribution < 1.29 is 9.59 Å². The molecule has 30 heavy (non-hydrogen) atoms. The van der Waals surface area contributed by atoms with Crippen LogP contribution in [0.2, 0.25) is 0 Å². The van der Waals surface area contributed by atoms with Crippen LogP contribution in [0, 0.1) is 5.92 Å². The van der Waals surface area contributed by atoms with E-state index in [9.17, 15) is 9.59 Å². The Hall–Kier alpha value is -2.58. The first-order valence-electron chi connectivity index (χ1n) is 10.2. The van der Waals surface area contributed by atoms with Crippen LogP contribution >= 0.6 is 12.4 Å². The number of likely N-dealkylation sites (tertiary alicyclic amines) is 1. The number of anilines is 1. The second kappa shape index (κ2) is 9.95. The number of urea groups is 1. The Kier molecular flexibility index (Phi) is 7.33. The van der Waals surface area contributed by atoms with Gasteiger partial charge in [-0.1, -0.05) is 18.2 Å². The highest BCUT2D eigenvalue weighted by Crippen LogP contribution is 2.30. The smallest absolute Gasteiger partial charge is 0.319 e. The second-order valence-corrected chi connectivity index (χ2v) is 7.88. The van der Waals surface area contributed by atoms with Crippen LogP contribution in [0.5, 0.6) is 0 Å². The molecular formula is C21H29ClN6O2. The number of nitrogens with one attached hydrogen (secondary N) is 3. The molecule has 4 rings (SSSR count). The number of hydrogen-bond acceptors (Lipinski definition) is 4. The van der Waals surface area contributed by atoms with Crippen LogP contribution in [-0.2, 0) is 11.8 Å². The molecule has 0 bridgehead atoms. The molecule has 1 aromatic heterocycles. The summed E-state index contributed by atoms with van der Waals surface area (Å²) < 4.78 is 1.78. The lowest BCUT2D eigenvalue weighted by molar-refractivity contribution is -0.136. The summed E-state index contributed by atoms with van der Waals surface area (Å²) >= 11 is 0. The van der Waals surface area contributed by atoms with E-state index in [0.29, 0.717) is 19.6 Å².